The van der Waals surface area contributed by atoms with E-state index in [1.54, 1.807) is 17.7 Å². The lowest BCUT2D eigenvalue weighted by Crippen LogP contribution is -1.90. The molecular formula is C9H7BrN4S. The van der Waals surface area contributed by atoms with Crippen LogP contribution in [-0.2, 0) is 0 Å². The third kappa shape index (κ3) is 1.15. The molecule has 3 aromatic rings. The van der Waals surface area contributed by atoms with Gasteiger partial charge < -0.3 is 0 Å². The number of fused-ring (bicyclic) bond motifs is 3. The fourth-order valence-electron chi connectivity index (χ4n) is 1.61. The highest BCUT2D eigenvalue weighted by Gasteiger charge is 2.13. The van der Waals surface area contributed by atoms with Crippen LogP contribution in [0.4, 0.5) is 0 Å². The zero-order chi connectivity index (χ0) is 10.6. The molecule has 3 rings (SSSR count). The predicted molar refractivity (Wildman–Crippen MR) is 63.3 cm³/mol. The van der Waals surface area contributed by atoms with Crippen molar-refractivity contribution in [1.29, 1.82) is 0 Å². The minimum atomic E-state index is 0.862. The molecule has 0 spiro atoms. The molecule has 0 saturated carbocycles. The monoisotopic (exact) mass is 282 g/mol. The highest BCUT2D eigenvalue weighted by molar-refractivity contribution is 9.11. The molecule has 15 heavy (non-hydrogen) atoms. The molecule has 0 bridgehead atoms. The van der Waals surface area contributed by atoms with Crippen molar-refractivity contribution in [3.8, 4) is 0 Å². The summed E-state index contributed by atoms with van der Waals surface area (Å²) in [4.78, 5) is 5.39. The Balaban J connectivity index is 2.63. The lowest BCUT2D eigenvalue weighted by atomic mass is 10.3. The number of aryl methyl sites for hydroxylation is 2. The van der Waals surface area contributed by atoms with E-state index in [9.17, 15) is 0 Å². The van der Waals surface area contributed by atoms with Crippen molar-refractivity contribution in [2.75, 3.05) is 0 Å². The first-order valence-corrected chi connectivity index (χ1v) is 6.04. The maximum atomic E-state index is 4.40. The van der Waals surface area contributed by atoms with Gasteiger partial charge >= 0.3 is 0 Å². The van der Waals surface area contributed by atoms with Crippen LogP contribution in [0.3, 0.4) is 0 Å². The van der Waals surface area contributed by atoms with E-state index in [1.807, 2.05) is 11.3 Å². The Kier molecular flexibility index (Phi) is 1.84. The molecule has 3 heterocycles. The number of thiophene rings is 1. The Bertz CT molecular complexity index is 669. The molecule has 0 aliphatic heterocycles. The van der Waals surface area contributed by atoms with E-state index < -0.39 is 0 Å². The quantitative estimate of drug-likeness (QED) is 0.637. The SMILES string of the molecule is Cc1c(Br)sc2ncn3c(C)nnc3c12. The van der Waals surface area contributed by atoms with Gasteiger partial charge in [0.05, 0.1) is 9.17 Å². The number of hydrogen-bond donors (Lipinski definition) is 0. The molecule has 0 radical (unpaired) electrons. The van der Waals surface area contributed by atoms with Crippen LogP contribution < -0.4 is 0 Å². The number of aromatic nitrogens is 4. The Labute approximate surface area is 98.1 Å². The average molecular weight is 283 g/mol. The lowest BCUT2D eigenvalue weighted by molar-refractivity contribution is 0.990. The maximum absolute atomic E-state index is 4.40. The molecule has 0 amide bonds. The van der Waals surface area contributed by atoms with Crippen molar-refractivity contribution < 1.29 is 0 Å². The summed E-state index contributed by atoms with van der Waals surface area (Å²) < 4.78 is 3.02. The van der Waals surface area contributed by atoms with Crippen LogP contribution in [0.1, 0.15) is 11.4 Å². The van der Waals surface area contributed by atoms with Gasteiger partial charge in [0.2, 0.25) is 0 Å². The Morgan fingerprint density at radius 3 is 2.93 bits per heavy atom. The summed E-state index contributed by atoms with van der Waals surface area (Å²) in [6.45, 7) is 3.98. The summed E-state index contributed by atoms with van der Waals surface area (Å²) in [5.41, 5.74) is 2.07. The summed E-state index contributed by atoms with van der Waals surface area (Å²) in [5.74, 6) is 0.862. The van der Waals surface area contributed by atoms with Crippen molar-refractivity contribution >= 4 is 43.1 Å². The molecule has 4 nitrogen and oxygen atoms in total. The van der Waals surface area contributed by atoms with Crippen LogP contribution >= 0.6 is 27.3 Å². The minimum Gasteiger partial charge on any atom is -0.269 e. The second-order valence-corrected chi connectivity index (χ2v) is 5.68. The third-order valence-electron chi connectivity index (χ3n) is 2.45. The number of nitrogens with zero attached hydrogens (tertiary/aromatic N) is 4. The third-order valence-corrected chi connectivity index (χ3v) is 4.52. The molecule has 0 unspecified atom stereocenters. The average Bonchev–Trinajstić information content (AvgIpc) is 2.71. The summed E-state index contributed by atoms with van der Waals surface area (Å²) in [6, 6.07) is 0. The summed E-state index contributed by atoms with van der Waals surface area (Å²) in [6.07, 6.45) is 1.77. The number of halogens is 1. The Morgan fingerprint density at radius 2 is 2.13 bits per heavy atom. The van der Waals surface area contributed by atoms with Crippen molar-refractivity contribution in [1.82, 2.24) is 19.6 Å². The lowest BCUT2D eigenvalue weighted by Gasteiger charge is -1.95. The summed E-state index contributed by atoms with van der Waals surface area (Å²) in [5, 5.41) is 9.33. The number of rotatable bonds is 0. The van der Waals surface area contributed by atoms with E-state index in [0.29, 0.717) is 0 Å². The molecule has 6 heteroatoms. The van der Waals surface area contributed by atoms with Gasteiger partial charge in [0, 0.05) is 0 Å². The molecule has 3 aromatic heterocycles. The van der Waals surface area contributed by atoms with E-state index in [1.165, 1.54) is 5.56 Å². The second kappa shape index (κ2) is 2.99. The normalized spacial score (nSPS) is 11.7. The van der Waals surface area contributed by atoms with E-state index in [2.05, 4.69) is 38.0 Å². The van der Waals surface area contributed by atoms with E-state index in [0.717, 1.165) is 25.5 Å². The highest BCUT2D eigenvalue weighted by Crippen LogP contribution is 2.35. The van der Waals surface area contributed by atoms with Crippen LogP contribution in [0.2, 0.25) is 0 Å². The molecule has 0 N–H and O–H groups in total. The predicted octanol–water partition coefficient (Wildman–Crippen LogP) is 2.72. The van der Waals surface area contributed by atoms with Crippen molar-refractivity contribution in [3.63, 3.8) is 0 Å². The van der Waals surface area contributed by atoms with Crippen molar-refractivity contribution in [2.45, 2.75) is 13.8 Å². The highest BCUT2D eigenvalue weighted by atomic mass is 79.9. The maximum Gasteiger partial charge on any atom is 0.172 e. The first-order valence-electron chi connectivity index (χ1n) is 4.43. The first-order chi connectivity index (χ1) is 7.18. The van der Waals surface area contributed by atoms with Gasteiger partial charge in [-0.15, -0.1) is 21.5 Å². The van der Waals surface area contributed by atoms with Crippen LogP contribution in [0, 0.1) is 13.8 Å². The van der Waals surface area contributed by atoms with Gasteiger partial charge in [0.15, 0.2) is 5.65 Å². The summed E-state index contributed by atoms with van der Waals surface area (Å²) >= 11 is 5.15. The fourth-order valence-corrected chi connectivity index (χ4v) is 3.14. The van der Waals surface area contributed by atoms with Gasteiger partial charge in [-0.05, 0) is 35.3 Å². The molecule has 0 aromatic carbocycles. The molecular weight excluding hydrogens is 276 g/mol. The molecule has 76 valence electrons. The van der Waals surface area contributed by atoms with Gasteiger partial charge in [-0.3, -0.25) is 4.40 Å². The standard InChI is InChI=1S/C9H7BrN4S/c1-4-6-8-13-12-5(2)14(8)3-11-9(6)15-7(4)10/h3H,1-2H3. The molecule has 0 aliphatic rings. The fraction of sp³-hybridized carbons (Fsp3) is 0.222. The van der Waals surface area contributed by atoms with Crippen molar-refractivity contribution in [2.24, 2.45) is 0 Å². The molecule has 0 aliphatic carbocycles. The summed E-state index contributed by atoms with van der Waals surface area (Å²) in [7, 11) is 0. The topological polar surface area (TPSA) is 43.1 Å². The van der Waals surface area contributed by atoms with Crippen LogP contribution in [-0.4, -0.2) is 19.6 Å². The van der Waals surface area contributed by atoms with Gasteiger partial charge in [-0.2, -0.15) is 0 Å². The first kappa shape index (κ1) is 9.23. The molecule has 0 saturated heterocycles. The molecule has 0 fully saturated rings. The molecule has 0 atom stereocenters. The second-order valence-electron chi connectivity index (χ2n) is 3.37. The van der Waals surface area contributed by atoms with Crippen molar-refractivity contribution in [3.05, 3.63) is 21.5 Å². The Morgan fingerprint density at radius 1 is 1.33 bits per heavy atom. The van der Waals surface area contributed by atoms with E-state index >= 15 is 0 Å². The zero-order valence-corrected chi connectivity index (χ0v) is 10.6. The minimum absolute atomic E-state index is 0.862. The van der Waals surface area contributed by atoms with E-state index in [-0.39, 0.29) is 0 Å². The van der Waals surface area contributed by atoms with Crippen LogP contribution in [0.25, 0.3) is 15.9 Å². The van der Waals surface area contributed by atoms with E-state index in [4.69, 9.17) is 0 Å². The van der Waals surface area contributed by atoms with Gasteiger partial charge in [0.1, 0.15) is 17.0 Å². The van der Waals surface area contributed by atoms with Crippen LogP contribution in [0.5, 0.6) is 0 Å². The smallest absolute Gasteiger partial charge is 0.172 e. The van der Waals surface area contributed by atoms with Gasteiger partial charge in [-0.25, -0.2) is 4.98 Å². The van der Waals surface area contributed by atoms with Crippen LogP contribution in [0.15, 0.2) is 10.1 Å². The Hall–Kier alpha value is -1.01. The van der Waals surface area contributed by atoms with Gasteiger partial charge in [-0.1, -0.05) is 0 Å². The zero-order valence-electron chi connectivity index (χ0n) is 8.15. The van der Waals surface area contributed by atoms with Gasteiger partial charge in [0.25, 0.3) is 0 Å². The number of hydrogen-bond acceptors (Lipinski definition) is 4. The largest absolute Gasteiger partial charge is 0.269 e.